The average molecular weight is 345 g/mol. The van der Waals surface area contributed by atoms with Crippen LogP contribution in [0.1, 0.15) is 26.3 Å². The summed E-state index contributed by atoms with van der Waals surface area (Å²) >= 11 is 1.42. The van der Waals surface area contributed by atoms with Crippen LogP contribution in [0.4, 0.5) is 11.4 Å². The van der Waals surface area contributed by atoms with Crippen molar-refractivity contribution < 1.29 is 4.79 Å². The second kappa shape index (κ2) is 6.08. The number of hydrogen-bond acceptors (Lipinski definition) is 4. The molecule has 0 saturated carbocycles. The van der Waals surface area contributed by atoms with Gasteiger partial charge in [0.05, 0.1) is 11.3 Å². The number of carbonyl (C=O) groups is 1. The highest BCUT2D eigenvalue weighted by Crippen LogP contribution is 2.42. The van der Waals surface area contributed by atoms with Gasteiger partial charge in [0.15, 0.2) is 0 Å². The van der Waals surface area contributed by atoms with Gasteiger partial charge in [0.25, 0.3) is 5.91 Å². The fraction of sp³-hybridized carbons (Fsp3) is 0.100. The Balaban J connectivity index is 1.91. The molecule has 0 spiro atoms. The lowest BCUT2D eigenvalue weighted by atomic mass is 10.0. The third kappa shape index (κ3) is 2.48. The molecule has 1 unspecified atom stereocenters. The van der Waals surface area contributed by atoms with Crippen molar-refractivity contribution in [1.29, 1.82) is 5.26 Å². The van der Waals surface area contributed by atoms with Crippen molar-refractivity contribution in [2.75, 3.05) is 16.8 Å². The monoisotopic (exact) mass is 345 g/mol. The Morgan fingerprint density at radius 1 is 1.00 bits per heavy atom. The second-order valence-corrected chi connectivity index (χ2v) is 6.94. The molecule has 1 aliphatic rings. The number of carbonyl (C=O) groups excluding carboxylic acids is 1. The van der Waals surface area contributed by atoms with E-state index >= 15 is 0 Å². The van der Waals surface area contributed by atoms with E-state index in [-0.39, 0.29) is 12.1 Å². The van der Waals surface area contributed by atoms with Gasteiger partial charge >= 0.3 is 0 Å². The quantitative estimate of drug-likeness (QED) is 0.691. The topological polar surface area (TPSA) is 47.3 Å². The zero-order chi connectivity index (χ0) is 17.4. The molecule has 2 heterocycles. The van der Waals surface area contributed by atoms with Gasteiger partial charge in [0, 0.05) is 17.6 Å². The minimum absolute atomic E-state index is 0.0307. The SMILES string of the molecule is CN1c2ccccc2C(=O)N(c2ccccc2)C1c1ccc(C#N)s1. The Labute approximate surface area is 150 Å². The van der Waals surface area contributed by atoms with Crippen LogP contribution in [0.5, 0.6) is 0 Å². The smallest absolute Gasteiger partial charge is 0.262 e. The Bertz CT molecular complexity index is 974. The van der Waals surface area contributed by atoms with E-state index in [1.54, 1.807) is 4.90 Å². The van der Waals surface area contributed by atoms with E-state index in [0.29, 0.717) is 10.4 Å². The van der Waals surface area contributed by atoms with Crippen molar-refractivity contribution in [3.8, 4) is 6.07 Å². The molecule has 1 atom stereocenters. The molecule has 1 aromatic heterocycles. The summed E-state index contributed by atoms with van der Waals surface area (Å²) in [4.78, 5) is 18.8. The van der Waals surface area contributed by atoms with Gasteiger partial charge in [-0.15, -0.1) is 11.3 Å². The van der Waals surface area contributed by atoms with E-state index in [0.717, 1.165) is 16.3 Å². The molecule has 4 rings (SSSR count). The molecule has 0 N–H and O–H groups in total. The maximum atomic E-state index is 13.3. The molecule has 5 heteroatoms. The lowest BCUT2D eigenvalue weighted by Crippen LogP contribution is -2.47. The van der Waals surface area contributed by atoms with E-state index in [1.807, 2.05) is 73.8 Å². The Morgan fingerprint density at radius 3 is 2.44 bits per heavy atom. The minimum Gasteiger partial charge on any atom is -0.349 e. The van der Waals surface area contributed by atoms with Crippen LogP contribution >= 0.6 is 11.3 Å². The largest absolute Gasteiger partial charge is 0.349 e. The number of benzene rings is 2. The molecule has 25 heavy (non-hydrogen) atoms. The first kappa shape index (κ1) is 15.4. The van der Waals surface area contributed by atoms with Crippen LogP contribution in [-0.2, 0) is 0 Å². The third-order valence-corrected chi connectivity index (χ3v) is 5.40. The van der Waals surface area contributed by atoms with Crippen LogP contribution in [0.25, 0.3) is 0 Å². The van der Waals surface area contributed by atoms with Gasteiger partial charge in [-0.3, -0.25) is 9.69 Å². The molecule has 0 radical (unpaired) electrons. The van der Waals surface area contributed by atoms with Crippen LogP contribution in [0.15, 0.2) is 66.7 Å². The van der Waals surface area contributed by atoms with Crippen molar-refractivity contribution in [2.45, 2.75) is 6.17 Å². The fourth-order valence-corrected chi connectivity index (χ4v) is 4.17. The maximum Gasteiger partial charge on any atom is 0.262 e. The molecular formula is C20H15N3OS. The van der Waals surface area contributed by atoms with E-state index in [1.165, 1.54) is 11.3 Å². The van der Waals surface area contributed by atoms with Gasteiger partial charge in [-0.1, -0.05) is 30.3 Å². The summed E-state index contributed by atoms with van der Waals surface area (Å²) in [6.45, 7) is 0. The van der Waals surface area contributed by atoms with Crippen molar-refractivity contribution in [1.82, 2.24) is 0 Å². The zero-order valence-electron chi connectivity index (χ0n) is 13.6. The molecule has 122 valence electrons. The molecule has 1 amide bonds. The highest BCUT2D eigenvalue weighted by Gasteiger charge is 2.38. The highest BCUT2D eigenvalue weighted by atomic mass is 32.1. The molecule has 4 nitrogen and oxygen atoms in total. The van der Waals surface area contributed by atoms with Gasteiger partial charge in [-0.2, -0.15) is 5.26 Å². The van der Waals surface area contributed by atoms with Crippen molar-refractivity contribution in [3.05, 3.63) is 82.0 Å². The van der Waals surface area contributed by atoms with E-state index in [9.17, 15) is 10.1 Å². The van der Waals surface area contributed by atoms with Crippen LogP contribution in [0.2, 0.25) is 0 Å². The zero-order valence-corrected chi connectivity index (χ0v) is 14.4. The van der Waals surface area contributed by atoms with E-state index < -0.39 is 0 Å². The molecular weight excluding hydrogens is 330 g/mol. The van der Waals surface area contributed by atoms with Crippen molar-refractivity contribution in [3.63, 3.8) is 0 Å². The van der Waals surface area contributed by atoms with Crippen LogP contribution in [0, 0.1) is 11.3 Å². The summed E-state index contributed by atoms with van der Waals surface area (Å²) in [7, 11) is 1.98. The number of hydrogen-bond donors (Lipinski definition) is 0. The molecule has 0 bridgehead atoms. The number of fused-ring (bicyclic) bond motifs is 1. The molecule has 0 saturated heterocycles. The summed E-state index contributed by atoms with van der Waals surface area (Å²) in [5.41, 5.74) is 2.42. The second-order valence-electron chi connectivity index (χ2n) is 5.83. The van der Waals surface area contributed by atoms with Crippen LogP contribution in [-0.4, -0.2) is 13.0 Å². The van der Waals surface area contributed by atoms with Crippen LogP contribution in [0.3, 0.4) is 0 Å². The molecule has 3 aromatic rings. The highest BCUT2D eigenvalue weighted by molar-refractivity contribution is 7.12. The maximum absolute atomic E-state index is 13.3. The van der Waals surface area contributed by atoms with Gasteiger partial charge < -0.3 is 4.90 Å². The average Bonchev–Trinajstić information content (AvgIpc) is 3.14. The molecule has 1 aliphatic heterocycles. The number of nitriles is 1. The molecule has 2 aromatic carbocycles. The summed E-state index contributed by atoms with van der Waals surface area (Å²) in [6, 6.07) is 23.2. The van der Waals surface area contributed by atoms with E-state index in [2.05, 4.69) is 11.0 Å². The number of anilines is 2. The summed E-state index contributed by atoms with van der Waals surface area (Å²) in [5.74, 6) is -0.0307. The minimum atomic E-state index is -0.281. The van der Waals surface area contributed by atoms with Crippen molar-refractivity contribution in [2.24, 2.45) is 0 Å². The number of para-hydroxylation sites is 2. The lowest BCUT2D eigenvalue weighted by Gasteiger charge is -2.43. The lowest BCUT2D eigenvalue weighted by molar-refractivity contribution is 0.0970. The summed E-state index contributed by atoms with van der Waals surface area (Å²) < 4.78 is 0. The van der Waals surface area contributed by atoms with Gasteiger partial charge in [-0.05, 0) is 36.4 Å². The van der Waals surface area contributed by atoms with Crippen molar-refractivity contribution >= 4 is 28.6 Å². The number of rotatable bonds is 2. The number of thiophene rings is 1. The number of amides is 1. The molecule has 0 aliphatic carbocycles. The Kier molecular flexibility index (Phi) is 3.75. The fourth-order valence-electron chi connectivity index (χ4n) is 3.22. The Hall–Kier alpha value is -3.10. The summed E-state index contributed by atoms with van der Waals surface area (Å²) in [6.07, 6.45) is -0.281. The van der Waals surface area contributed by atoms with Gasteiger partial charge in [-0.25, -0.2) is 0 Å². The normalized spacial score (nSPS) is 16.5. The van der Waals surface area contributed by atoms with E-state index in [4.69, 9.17) is 0 Å². The Morgan fingerprint density at radius 2 is 1.72 bits per heavy atom. The molecule has 0 fully saturated rings. The standard InChI is InChI=1S/C20H15N3OS/c1-22-17-10-6-5-9-16(17)20(24)23(14-7-3-2-4-8-14)19(22)18-12-11-15(13-21)25-18/h2-12,19H,1H3. The van der Waals surface area contributed by atoms with Gasteiger partial charge in [0.1, 0.15) is 17.1 Å². The first-order valence-electron chi connectivity index (χ1n) is 7.91. The third-order valence-electron chi connectivity index (χ3n) is 4.37. The first-order chi connectivity index (χ1) is 12.2. The summed E-state index contributed by atoms with van der Waals surface area (Å²) in [5, 5.41) is 9.17. The predicted octanol–water partition coefficient (Wildman–Crippen LogP) is 4.42. The first-order valence-corrected chi connectivity index (χ1v) is 8.72. The van der Waals surface area contributed by atoms with Gasteiger partial charge in [0.2, 0.25) is 0 Å². The number of nitrogens with zero attached hydrogens (tertiary/aromatic N) is 3. The predicted molar refractivity (Wildman–Crippen MR) is 99.9 cm³/mol. The van der Waals surface area contributed by atoms with Crippen LogP contribution < -0.4 is 9.80 Å².